The van der Waals surface area contributed by atoms with Crippen LogP contribution in [0.5, 0.6) is 0 Å². The highest BCUT2D eigenvalue weighted by atomic mass is 16.2. The normalized spacial score (nSPS) is 14.5. The maximum atomic E-state index is 12.8. The van der Waals surface area contributed by atoms with Crippen LogP contribution < -0.4 is 5.32 Å². The zero-order chi connectivity index (χ0) is 23.5. The van der Waals surface area contributed by atoms with Crippen LogP contribution in [-0.2, 0) is 13.1 Å². The number of carbonyl (C=O) groups is 1. The molecule has 0 aliphatic carbocycles. The molecule has 1 aromatic heterocycles. The summed E-state index contributed by atoms with van der Waals surface area (Å²) in [5, 5.41) is 3.06. The molecule has 4 aromatic rings. The van der Waals surface area contributed by atoms with Crippen LogP contribution in [0.1, 0.15) is 22.5 Å². The number of nitrogens with one attached hydrogen (secondary N) is 1. The van der Waals surface area contributed by atoms with E-state index in [1.165, 1.54) is 5.56 Å². The van der Waals surface area contributed by atoms with E-state index in [0.29, 0.717) is 13.1 Å². The highest BCUT2D eigenvalue weighted by molar-refractivity contribution is 5.89. The summed E-state index contributed by atoms with van der Waals surface area (Å²) in [7, 11) is 0. The number of para-hydroxylation sites is 2. The van der Waals surface area contributed by atoms with Gasteiger partial charge in [-0.05, 0) is 54.8 Å². The van der Waals surface area contributed by atoms with Crippen molar-refractivity contribution in [2.24, 2.45) is 0 Å². The molecule has 6 nitrogen and oxygen atoms in total. The minimum Gasteiger partial charge on any atom is -0.322 e. The molecular formula is C28H31N5O. The molecule has 0 bridgehead atoms. The van der Waals surface area contributed by atoms with Crippen LogP contribution in [-0.4, -0.2) is 51.6 Å². The van der Waals surface area contributed by atoms with Crippen molar-refractivity contribution in [3.05, 3.63) is 95.3 Å². The Hall–Kier alpha value is -3.64. The lowest BCUT2D eigenvalue weighted by atomic mass is 10.1. The number of aromatic nitrogens is 2. The van der Waals surface area contributed by atoms with Gasteiger partial charge in [0.1, 0.15) is 5.82 Å². The maximum Gasteiger partial charge on any atom is 0.321 e. The number of nitrogens with zero attached hydrogens (tertiary/aromatic N) is 4. The molecule has 34 heavy (non-hydrogen) atoms. The summed E-state index contributed by atoms with van der Waals surface area (Å²) in [6.45, 7) is 8.73. The van der Waals surface area contributed by atoms with Crippen LogP contribution in [0.15, 0.2) is 72.8 Å². The summed E-state index contributed by atoms with van der Waals surface area (Å²) in [4.78, 5) is 22.1. The summed E-state index contributed by atoms with van der Waals surface area (Å²) < 4.78 is 2.32. The molecule has 3 aromatic carbocycles. The molecule has 2 heterocycles. The van der Waals surface area contributed by atoms with Crippen LogP contribution in [0.25, 0.3) is 11.0 Å². The average molecular weight is 454 g/mol. The number of carbonyl (C=O) groups excluding carboxylic acids is 1. The van der Waals surface area contributed by atoms with Gasteiger partial charge in [0.25, 0.3) is 0 Å². The van der Waals surface area contributed by atoms with E-state index in [2.05, 4.69) is 63.3 Å². The lowest BCUT2D eigenvalue weighted by Crippen LogP contribution is -2.49. The van der Waals surface area contributed by atoms with Gasteiger partial charge in [0.15, 0.2) is 0 Å². The largest absolute Gasteiger partial charge is 0.322 e. The third-order valence-corrected chi connectivity index (χ3v) is 6.41. The summed E-state index contributed by atoms with van der Waals surface area (Å²) in [5.74, 6) is 1.07. The Kier molecular flexibility index (Phi) is 6.32. The number of amides is 2. The molecule has 0 unspecified atom stereocenters. The number of hydrogen-bond acceptors (Lipinski definition) is 3. The second kappa shape index (κ2) is 9.69. The number of aryl methyl sites for hydroxylation is 2. The smallest absolute Gasteiger partial charge is 0.321 e. The lowest BCUT2D eigenvalue weighted by Gasteiger charge is -2.34. The second-order valence-electron chi connectivity index (χ2n) is 9.16. The Morgan fingerprint density at radius 3 is 2.26 bits per heavy atom. The third kappa shape index (κ3) is 4.97. The first-order valence-electron chi connectivity index (χ1n) is 11.9. The molecule has 1 N–H and O–H groups in total. The minimum atomic E-state index is -0.0269. The van der Waals surface area contributed by atoms with Crippen LogP contribution in [0.4, 0.5) is 10.5 Å². The summed E-state index contributed by atoms with van der Waals surface area (Å²) in [5.41, 5.74) is 6.61. The molecule has 1 fully saturated rings. The average Bonchev–Trinajstić information content (AvgIpc) is 3.16. The number of imidazole rings is 1. The molecule has 174 valence electrons. The summed E-state index contributed by atoms with van der Waals surface area (Å²) in [6.07, 6.45) is 0. The molecule has 6 heteroatoms. The molecule has 1 aliphatic rings. The molecule has 0 atom stereocenters. The van der Waals surface area contributed by atoms with Crippen LogP contribution in [0, 0.1) is 13.8 Å². The molecule has 1 aliphatic heterocycles. The van der Waals surface area contributed by atoms with E-state index in [-0.39, 0.29) is 6.03 Å². The molecule has 0 spiro atoms. The summed E-state index contributed by atoms with van der Waals surface area (Å²) >= 11 is 0. The Bertz CT molecular complexity index is 1270. The number of rotatable bonds is 5. The second-order valence-corrected chi connectivity index (χ2v) is 9.16. The van der Waals surface area contributed by atoms with Crippen LogP contribution in [0.3, 0.4) is 0 Å². The van der Waals surface area contributed by atoms with Crippen LogP contribution in [0.2, 0.25) is 0 Å². The van der Waals surface area contributed by atoms with Gasteiger partial charge in [-0.15, -0.1) is 0 Å². The number of anilines is 1. The first-order chi connectivity index (χ1) is 16.5. The van der Waals surface area contributed by atoms with E-state index in [9.17, 15) is 4.79 Å². The number of urea groups is 1. The molecule has 0 radical (unpaired) electrons. The van der Waals surface area contributed by atoms with Crippen molar-refractivity contribution in [1.29, 1.82) is 0 Å². The number of piperazine rings is 1. The van der Waals surface area contributed by atoms with Crippen molar-refractivity contribution in [2.75, 3.05) is 31.5 Å². The van der Waals surface area contributed by atoms with Gasteiger partial charge in [0.2, 0.25) is 0 Å². The van der Waals surface area contributed by atoms with E-state index < -0.39 is 0 Å². The van der Waals surface area contributed by atoms with Crippen molar-refractivity contribution in [2.45, 2.75) is 26.9 Å². The standard InChI is InChI=1S/C28H31N5O/c1-21-16-22(2)18-24(17-21)29-28(34)32-14-12-31(13-15-32)20-27-30-25-10-6-7-11-26(25)33(27)19-23-8-4-3-5-9-23/h3-11,16-18H,12-15,19-20H2,1-2H3,(H,29,34). The van der Waals surface area contributed by atoms with Gasteiger partial charge in [0, 0.05) is 38.4 Å². The molecule has 5 rings (SSSR count). The molecule has 0 saturated carbocycles. The van der Waals surface area contributed by atoms with E-state index in [1.54, 1.807) is 0 Å². The van der Waals surface area contributed by atoms with Crippen molar-refractivity contribution in [1.82, 2.24) is 19.4 Å². The number of hydrogen-bond donors (Lipinski definition) is 1. The van der Waals surface area contributed by atoms with E-state index in [1.807, 2.05) is 43.0 Å². The van der Waals surface area contributed by atoms with Gasteiger partial charge in [0.05, 0.1) is 17.6 Å². The van der Waals surface area contributed by atoms with Gasteiger partial charge >= 0.3 is 6.03 Å². The topological polar surface area (TPSA) is 53.4 Å². The van der Waals surface area contributed by atoms with E-state index in [0.717, 1.165) is 59.9 Å². The minimum absolute atomic E-state index is 0.0269. The van der Waals surface area contributed by atoms with E-state index >= 15 is 0 Å². The van der Waals surface area contributed by atoms with Crippen molar-refractivity contribution < 1.29 is 4.79 Å². The third-order valence-electron chi connectivity index (χ3n) is 6.41. The van der Waals surface area contributed by atoms with Gasteiger partial charge in [-0.25, -0.2) is 9.78 Å². The highest BCUT2D eigenvalue weighted by Crippen LogP contribution is 2.20. The van der Waals surface area contributed by atoms with Crippen molar-refractivity contribution >= 4 is 22.8 Å². The van der Waals surface area contributed by atoms with Gasteiger partial charge in [-0.2, -0.15) is 0 Å². The predicted molar refractivity (Wildman–Crippen MR) is 137 cm³/mol. The molecule has 1 saturated heterocycles. The fourth-order valence-corrected chi connectivity index (χ4v) is 4.75. The predicted octanol–water partition coefficient (Wildman–Crippen LogP) is 5.05. The Morgan fingerprint density at radius 2 is 1.53 bits per heavy atom. The first-order valence-corrected chi connectivity index (χ1v) is 11.9. The molecule has 2 amide bonds. The van der Waals surface area contributed by atoms with Crippen molar-refractivity contribution in [3.8, 4) is 0 Å². The SMILES string of the molecule is Cc1cc(C)cc(NC(=O)N2CCN(Cc3nc4ccccc4n3Cc3ccccc3)CC2)c1. The fraction of sp³-hybridized carbons (Fsp3) is 0.286. The number of fused-ring (bicyclic) bond motifs is 1. The Morgan fingerprint density at radius 1 is 0.853 bits per heavy atom. The van der Waals surface area contributed by atoms with Crippen molar-refractivity contribution in [3.63, 3.8) is 0 Å². The zero-order valence-corrected chi connectivity index (χ0v) is 19.9. The maximum absolute atomic E-state index is 12.8. The number of benzene rings is 3. The van der Waals surface area contributed by atoms with Gasteiger partial charge in [-0.3, -0.25) is 4.90 Å². The van der Waals surface area contributed by atoms with Crippen LogP contribution >= 0.6 is 0 Å². The quantitative estimate of drug-likeness (QED) is 0.460. The Labute approximate surface area is 200 Å². The first kappa shape index (κ1) is 22.2. The van der Waals surface area contributed by atoms with Gasteiger partial charge < -0.3 is 14.8 Å². The van der Waals surface area contributed by atoms with Gasteiger partial charge in [-0.1, -0.05) is 48.5 Å². The summed E-state index contributed by atoms with van der Waals surface area (Å²) in [6, 6.07) is 25.0. The fourth-order valence-electron chi connectivity index (χ4n) is 4.75. The Balaban J connectivity index is 1.25. The lowest BCUT2D eigenvalue weighted by molar-refractivity contribution is 0.140. The van der Waals surface area contributed by atoms with E-state index in [4.69, 9.17) is 4.98 Å². The zero-order valence-electron chi connectivity index (χ0n) is 19.9. The highest BCUT2D eigenvalue weighted by Gasteiger charge is 2.23. The monoisotopic (exact) mass is 453 g/mol. The molecular weight excluding hydrogens is 422 g/mol.